The average molecular weight is 409 g/mol. The minimum absolute atomic E-state index is 0.0275. The number of hydrogen-bond donors (Lipinski definition) is 1. The fraction of sp³-hybridized carbons (Fsp3) is 0.440. The van der Waals surface area contributed by atoms with Gasteiger partial charge < -0.3 is 9.64 Å². The SMILES string of the molecule is CCOC(=O)[C@H](CC(=O)Cc1ccccc1)NC(CN1CCCC1)c1ccccc1. The molecule has 0 spiro atoms. The van der Waals surface area contributed by atoms with Crippen molar-refractivity contribution in [2.45, 2.75) is 44.7 Å². The molecule has 0 amide bonds. The highest BCUT2D eigenvalue weighted by Crippen LogP contribution is 2.19. The van der Waals surface area contributed by atoms with Gasteiger partial charge in [-0.3, -0.25) is 14.9 Å². The summed E-state index contributed by atoms with van der Waals surface area (Å²) < 4.78 is 5.29. The lowest BCUT2D eigenvalue weighted by Gasteiger charge is -2.28. The summed E-state index contributed by atoms with van der Waals surface area (Å²) >= 11 is 0. The van der Waals surface area contributed by atoms with Crippen LogP contribution < -0.4 is 5.32 Å². The lowest BCUT2D eigenvalue weighted by Crippen LogP contribution is -2.45. The van der Waals surface area contributed by atoms with Gasteiger partial charge in [-0.05, 0) is 44.0 Å². The van der Waals surface area contributed by atoms with Crippen LogP contribution in [-0.4, -0.2) is 48.9 Å². The maximum atomic E-state index is 12.7. The maximum Gasteiger partial charge on any atom is 0.323 e. The molecule has 1 heterocycles. The first-order valence-electron chi connectivity index (χ1n) is 10.9. The maximum absolute atomic E-state index is 12.7. The topological polar surface area (TPSA) is 58.6 Å². The largest absolute Gasteiger partial charge is 0.465 e. The van der Waals surface area contributed by atoms with Gasteiger partial charge in [0, 0.05) is 25.4 Å². The van der Waals surface area contributed by atoms with E-state index in [1.165, 1.54) is 12.8 Å². The number of rotatable bonds is 11. The lowest BCUT2D eigenvalue weighted by molar-refractivity contribution is -0.147. The zero-order chi connectivity index (χ0) is 21.2. The molecule has 30 heavy (non-hydrogen) atoms. The predicted molar refractivity (Wildman–Crippen MR) is 118 cm³/mol. The number of Topliss-reactive ketones (excluding diaryl/α,β-unsaturated/α-hetero) is 1. The van der Waals surface area contributed by atoms with Crippen LogP contribution in [-0.2, 0) is 20.7 Å². The number of hydrogen-bond acceptors (Lipinski definition) is 5. The van der Waals surface area contributed by atoms with Crippen molar-refractivity contribution in [1.82, 2.24) is 10.2 Å². The molecule has 2 aromatic rings. The number of benzene rings is 2. The van der Waals surface area contributed by atoms with E-state index in [9.17, 15) is 9.59 Å². The summed E-state index contributed by atoms with van der Waals surface area (Å²) in [5.41, 5.74) is 2.08. The Morgan fingerprint density at radius 3 is 2.27 bits per heavy atom. The predicted octanol–water partition coefficient (Wildman–Crippen LogP) is 3.55. The molecule has 3 rings (SSSR count). The molecule has 0 aromatic heterocycles. The Morgan fingerprint density at radius 2 is 1.63 bits per heavy atom. The second kappa shape index (κ2) is 11.6. The second-order valence-electron chi connectivity index (χ2n) is 7.85. The summed E-state index contributed by atoms with van der Waals surface area (Å²) in [6.07, 6.45) is 2.86. The van der Waals surface area contributed by atoms with Crippen molar-refractivity contribution in [2.24, 2.45) is 0 Å². The van der Waals surface area contributed by atoms with Gasteiger partial charge in [0.2, 0.25) is 0 Å². The Labute approximate surface area is 179 Å². The molecular weight excluding hydrogens is 376 g/mol. The Bertz CT molecular complexity index is 789. The second-order valence-corrected chi connectivity index (χ2v) is 7.85. The van der Waals surface area contributed by atoms with Crippen LogP contribution in [0.2, 0.25) is 0 Å². The summed E-state index contributed by atoms with van der Waals surface area (Å²) in [4.78, 5) is 27.8. The van der Waals surface area contributed by atoms with Crippen LogP contribution in [0.5, 0.6) is 0 Å². The highest BCUT2D eigenvalue weighted by Gasteiger charge is 2.28. The highest BCUT2D eigenvalue weighted by molar-refractivity contribution is 5.87. The van der Waals surface area contributed by atoms with E-state index in [4.69, 9.17) is 4.74 Å². The number of carbonyl (C=O) groups is 2. The first-order chi connectivity index (χ1) is 14.7. The first kappa shape index (κ1) is 22.2. The van der Waals surface area contributed by atoms with E-state index >= 15 is 0 Å². The zero-order valence-corrected chi connectivity index (χ0v) is 17.8. The fourth-order valence-corrected chi connectivity index (χ4v) is 3.98. The Morgan fingerprint density at radius 1 is 1.00 bits per heavy atom. The van der Waals surface area contributed by atoms with Gasteiger partial charge in [0.15, 0.2) is 0 Å². The third kappa shape index (κ3) is 6.78. The fourth-order valence-electron chi connectivity index (χ4n) is 3.98. The van der Waals surface area contributed by atoms with Crippen molar-refractivity contribution in [2.75, 3.05) is 26.2 Å². The van der Waals surface area contributed by atoms with Gasteiger partial charge in [-0.2, -0.15) is 0 Å². The van der Waals surface area contributed by atoms with Crippen LogP contribution in [0.25, 0.3) is 0 Å². The first-order valence-corrected chi connectivity index (χ1v) is 10.9. The van der Waals surface area contributed by atoms with Crippen molar-refractivity contribution >= 4 is 11.8 Å². The molecule has 0 aliphatic carbocycles. The van der Waals surface area contributed by atoms with Gasteiger partial charge >= 0.3 is 5.97 Å². The quantitative estimate of drug-likeness (QED) is 0.576. The van der Waals surface area contributed by atoms with Crippen LogP contribution in [0.15, 0.2) is 60.7 Å². The molecule has 1 aliphatic heterocycles. The van der Waals surface area contributed by atoms with E-state index in [-0.39, 0.29) is 24.2 Å². The molecule has 0 radical (unpaired) electrons. The van der Waals surface area contributed by atoms with E-state index in [0.29, 0.717) is 13.0 Å². The molecular formula is C25H32N2O3. The molecule has 160 valence electrons. The van der Waals surface area contributed by atoms with Gasteiger partial charge in [0.1, 0.15) is 11.8 Å². The minimum atomic E-state index is -0.658. The van der Waals surface area contributed by atoms with Crippen LogP contribution in [0.4, 0.5) is 0 Å². The lowest BCUT2D eigenvalue weighted by atomic mass is 10.0. The van der Waals surface area contributed by atoms with Crippen LogP contribution >= 0.6 is 0 Å². The van der Waals surface area contributed by atoms with Gasteiger partial charge in [0.05, 0.1) is 6.61 Å². The number of esters is 1. The van der Waals surface area contributed by atoms with E-state index in [0.717, 1.165) is 30.8 Å². The summed E-state index contributed by atoms with van der Waals surface area (Å²) in [7, 11) is 0. The molecule has 2 atom stereocenters. The van der Waals surface area contributed by atoms with Crippen molar-refractivity contribution in [3.63, 3.8) is 0 Å². The summed E-state index contributed by atoms with van der Waals surface area (Å²) in [5, 5.41) is 3.46. The molecule has 1 N–H and O–H groups in total. The molecule has 1 saturated heterocycles. The van der Waals surface area contributed by atoms with Crippen molar-refractivity contribution in [1.29, 1.82) is 0 Å². The van der Waals surface area contributed by atoms with Crippen LogP contribution in [0.3, 0.4) is 0 Å². The number of nitrogens with one attached hydrogen (secondary N) is 1. The van der Waals surface area contributed by atoms with E-state index in [2.05, 4.69) is 22.3 Å². The van der Waals surface area contributed by atoms with Crippen molar-refractivity contribution in [3.8, 4) is 0 Å². The molecule has 0 bridgehead atoms. The van der Waals surface area contributed by atoms with Crippen molar-refractivity contribution < 1.29 is 14.3 Å². The third-order valence-corrected chi connectivity index (χ3v) is 5.49. The van der Waals surface area contributed by atoms with Gasteiger partial charge in [0.25, 0.3) is 0 Å². The van der Waals surface area contributed by atoms with E-state index in [1.807, 2.05) is 48.5 Å². The Kier molecular flexibility index (Phi) is 8.60. The number of ketones is 1. The Hall–Kier alpha value is -2.50. The van der Waals surface area contributed by atoms with Gasteiger partial charge in [-0.1, -0.05) is 60.7 Å². The smallest absolute Gasteiger partial charge is 0.323 e. The standard InChI is InChI=1S/C25H32N2O3/c1-2-30-25(29)23(18-22(28)17-20-11-5-3-6-12-20)26-24(19-27-15-9-10-16-27)21-13-7-4-8-14-21/h3-8,11-14,23-24,26H,2,9-10,15-19H2,1H3/t23-,24?/m0/s1. The zero-order valence-electron chi connectivity index (χ0n) is 17.8. The highest BCUT2D eigenvalue weighted by atomic mass is 16.5. The van der Waals surface area contributed by atoms with Crippen molar-refractivity contribution in [3.05, 3.63) is 71.8 Å². The Balaban J connectivity index is 1.72. The van der Waals surface area contributed by atoms with Crippen LogP contribution in [0.1, 0.15) is 43.4 Å². The molecule has 5 heteroatoms. The summed E-state index contributed by atoms with van der Waals surface area (Å²) in [6, 6.07) is 19.1. The molecule has 0 saturated carbocycles. The van der Waals surface area contributed by atoms with Gasteiger partial charge in [-0.15, -0.1) is 0 Å². The molecule has 2 aromatic carbocycles. The average Bonchev–Trinajstić information content (AvgIpc) is 3.27. The molecule has 1 fully saturated rings. The summed E-state index contributed by atoms with van der Waals surface area (Å²) in [5.74, 6) is -0.332. The molecule has 5 nitrogen and oxygen atoms in total. The van der Waals surface area contributed by atoms with E-state index < -0.39 is 6.04 Å². The third-order valence-electron chi connectivity index (χ3n) is 5.49. The van der Waals surface area contributed by atoms with Crippen LogP contribution in [0, 0.1) is 0 Å². The normalized spacial score (nSPS) is 16.2. The van der Waals surface area contributed by atoms with Gasteiger partial charge in [-0.25, -0.2) is 0 Å². The van der Waals surface area contributed by atoms with E-state index in [1.54, 1.807) is 6.92 Å². The number of ether oxygens (including phenoxy) is 1. The number of carbonyl (C=O) groups excluding carboxylic acids is 2. The molecule has 1 unspecified atom stereocenters. The minimum Gasteiger partial charge on any atom is -0.465 e. The molecule has 1 aliphatic rings. The number of likely N-dealkylation sites (tertiary alicyclic amines) is 1. The monoisotopic (exact) mass is 408 g/mol. The summed E-state index contributed by atoms with van der Waals surface area (Å²) in [6.45, 7) is 5.04. The number of nitrogens with zero attached hydrogens (tertiary/aromatic N) is 1.